The molecular formula is C15H30Cl2N4O2. The van der Waals surface area contributed by atoms with Crippen molar-refractivity contribution in [3.05, 3.63) is 0 Å². The number of hydrogen-bond donors (Lipinski definition) is 1. The van der Waals surface area contributed by atoms with Gasteiger partial charge >= 0.3 is 0 Å². The lowest BCUT2D eigenvalue weighted by molar-refractivity contribution is -0.135. The van der Waals surface area contributed by atoms with Crippen LogP contribution in [-0.2, 0) is 9.59 Å². The summed E-state index contributed by atoms with van der Waals surface area (Å²) in [5.41, 5.74) is 5.07. The van der Waals surface area contributed by atoms with E-state index in [1.807, 2.05) is 9.80 Å². The molecule has 2 amide bonds. The second-order valence-corrected chi connectivity index (χ2v) is 6.73. The lowest BCUT2D eigenvalue weighted by Crippen LogP contribution is -2.52. The Balaban J connectivity index is 0.00000242. The topological polar surface area (TPSA) is 69.9 Å². The zero-order chi connectivity index (χ0) is 15.5. The van der Waals surface area contributed by atoms with Crippen molar-refractivity contribution < 1.29 is 9.59 Å². The molecule has 6 nitrogen and oxygen atoms in total. The molecule has 0 saturated carbocycles. The van der Waals surface area contributed by atoms with E-state index in [0.29, 0.717) is 13.1 Å². The van der Waals surface area contributed by atoms with E-state index in [9.17, 15) is 9.59 Å². The smallest absolute Gasteiger partial charge is 0.242 e. The molecule has 0 radical (unpaired) electrons. The number of rotatable bonds is 3. The molecule has 23 heavy (non-hydrogen) atoms. The molecule has 0 bridgehead atoms. The fraction of sp³-hybridized carbons (Fsp3) is 0.867. The average molecular weight is 369 g/mol. The molecule has 2 rings (SSSR count). The monoisotopic (exact) mass is 368 g/mol. The zero-order valence-corrected chi connectivity index (χ0v) is 15.8. The summed E-state index contributed by atoms with van der Waals surface area (Å²) < 4.78 is 0. The van der Waals surface area contributed by atoms with Gasteiger partial charge in [-0.25, -0.2) is 0 Å². The van der Waals surface area contributed by atoms with Gasteiger partial charge in [-0.15, -0.1) is 24.8 Å². The van der Waals surface area contributed by atoms with Crippen molar-refractivity contribution in [3.63, 3.8) is 0 Å². The van der Waals surface area contributed by atoms with Gasteiger partial charge in [0.05, 0.1) is 12.1 Å². The van der Waals surface area contributed by atoms with E-state index in [4.69, 9.17) is 5.73 Å². The third kappa shape index (κ3) is 6.45. The molecule has 0 spiro atoms. The van der Waals surface area contributed by atoms with Gasteiger partial charge in [-0.2, -0.15) is 0 Å². The van der Waals surface area contributed by atoms with E-state index in [-0.39, 0.29) is 36.6 Å². The van der Waals surface area contributed by atoms with Crippen molar-refractivity contribution in [1.29, 1.82) is 0 Å². The molecule has 136 valence electrons. The minimum Gasteiger partial charge on any atom is -0.342 e. The van der Waals surface area contributed by atoms with Gasteiger partial charge in [-0.3, -0.25) is 14.5 Å². The number of halogens is 2. The Kier molecular flexibility index (Phi) is 9.43. The number of carbonyl (C=O) groups is 2. The van der Waals surface area contributed by atoms with E-state index in [2.05, 4.69) is 4.90 Å². The van der Waals surface area contributed by atoms with Crippen LogP contribution in [0.4, 0.5) is 0 Å². The van der Waals surface area contributed by atoms with Crippen LogP contribution in [0.25, 0.3) is 0 Å². The van der Waals surface area contributed by atoms with Gasteiger partial charge in [0.2, 0.25) is 11.8 Å². The van der Waals surface area contributed by atoms with Crippen LogP contribution in [0, 0.1) is 0 Å². The Morgan fingerprint density at radius 1 is 0.870 bits per heavy atom. The number of likely N-dealkylation sites (tertiary alicyclic amines) is 1. The van der Waals surface area contributed by atoms with Gasteiger partial charge in [-0.05, 0) is 33.1 Å². The van der Waals surface area contributed by atoms with Crippen LogP contribution >= 0.6 is 24.8 Å². The molecule has 0 unspecified atom stereocenters. The van der Waals surface area contributed by atoms with Gasteiger partial charge in [0.25, 0.3) is 0 Å². The molecule has 0 aromatic heterocycles. The predicted octanol–water partition coefficient (Wildman–Crippen LogP) is 0.724. The number of nitrogens with zero attached hydrogens (tertiary/aromatic N) is 3. The second kappa shape index (κ2) is 9.67. The molecule has 2 N–H and O–H groups in total. The van der Waals surface area contributed by atoms with Crippen LogP contribution in [-0.4, -0.2) is 77.9 Å². The first-order valence-corrected chi connectivity index (χ1v) is 7.96. The highest BCUT2D eigenvalue weighted by Crippen LogP contribution is 2.11. The summed E-state index contributed by atoms with van der Waals surface area (Å²) in [6.45, 7) is 8.78. The Bertz CT molecular complexity index is 395. The number of hydrogen-bond acceptors (Lipinski definition) is 4. The van der Waals surface area contributed by atoms with Crippen LogP contribution < -0.4 is 5.73 Å². The zero-order valence-electron chi connectivity index (χ0n) is 14.1. The van der Waals surface area contributed by atoms with Crippen LogP contribution in [0.2, 0.25) is 0 Å². The normalized spacial score (nSPS) is 19.6. The molecule has 0 atom stereocenters. The summed E-state index contributed by atoms with van der Waals surface area (Å²) >= 11 is 0. The Labute approximate surface area is 151 Å². The van der Waals surface area contributed by atoms with Gasteiger partial charge < -0.3 is 15.5 Å². The maximum atomic E-state index is 12.2. The lowest BCUT2D eigenvalue weighted by atomic mass is 10.1. The van der Waals surface area contributed by atoms with Gasteiger partial charge in [0, 0.05) is 39.3 Å². The predicted molar refractivity (Wildman–Crippen MR) is 96.2 cm³/mol. The van der Waals surface area contributed by atoms with Crippen molar-refractivity contribution in [1.82, 2.24) is 14.7 Å². The van der Waals surface area contributed by atoms with Gasteiger partial charge in [-0.1, -0.05) is 0 Å². The molecule has 0 aliphatic carbocycles. The molecule has 2 fully saturated rings. The Morgan fingerprint density at radius 2 is 1.43 bits per heavy atom. The molecular weight excluding hydrogens is 339 g/mol. The minimum absolute atomic E-state index is 0. The van der Waals surface area contributed by atoms with Crippen LogP contribution in [0.5, 0.6) is 0 Å². The highest BCUT2D eigenvalue weighted by atomic mass is 35.5. The maximum absolute atomic E-state index is 12.2. The average Bonchev–Trinajstić information content (AvgIpc) is 2.85. The molecule has 2 heterocycles. The van der Waals surface area contributed by atoms with E-state index in [1.54, 1.807) is 13.8 Å². The lowest BCUT2D eigenvalue weighted by Gasteiger charge is -2.28. The SMILES string of the molecule is CC(C)(N)C(=O)N1CCCN(CC(=O)N2CCCC2)CC1.Cl.Cl. The largest absolute Gasteiger partial charge is 0.342 e. The van der Waals surface area contributed by atoms with E-state index in [0.717, 1.165) is 52.0 Å². The first kappa shape index (κ1) is 22.4. The van der Waals surface area contributed by atoms with Crippen molar-refractivity contribution in [2.75, 3.05) is 45.8 Å². The van der Waals surface area contributed by atoms with Crippen molar-refractivity contribution in [2.45, 2.75) is 38.6 Å². The highest BCUT2D eigenvalue weighted by Gasteiger charge is 2.29. The quantitative estimate of drug-likeness (QED) is 0.796. The van der Waals surface area contributed by atoms with Crippen LogP contribution in [0.15, 0.2) is 0 Å². The summed E-state index contributed by atoms with van der Waals surface area (Å²) in [4.78, 5) is 30.4. The van der Waals surface area contributed by atoms with Crippen molar-refractivity contribution >= 4 is 36.6 Å². The summed E-state index contributed by atoms with van der Waals surface area (Å²) in [6, 6.07) is 0. The summed E-state index contributed by atoms with van der Waals surface area (Å²) in [7, 11) is 0. The van der Waals surface area contributed by atoms with E-state index < -0.39 is 5.54 Å². The van der Waals surface area contributed by atoms with Gasteiger partial charge in [0.15, 0.2) is 0 Å². The first-order valence-electron chi connectivity index (χ1n) is 7.96. The Hall–Kier alpha value is -0.560. The number of nitrogens with two attached hydrogens (primary N) is 1. The second-order valence-electron chi connectivity index (χ2n) is 6.73. The fourth-order valence-electron chi connectivity index (χ4n) is 3.00. The fourth-order valence-corrected chi connectivity index (χ4v) is 3.00. The minimum atomic E-state index is -0.819. The summed E-state index contributed by atoms with van der Waals surface area (Å²) in [5, 5.41) is 0. The van der Waals surface area contributed by atoms with Crippen molar-refractivity contribution in [2.24, 2.45) is 5.73 Å². The van der Waals surface area contributed by atoms with Crippen molar-refractivity contribution in [3.8, 4) is 0 Å². The molecule has 8 heteroatoms. The standard InChI is InChI=1S/C15H28N4O2.2ClH/c1-15(2,16)14(21)19-9-5-6-17(10-11-19)12-13(20)18-7-3-4-8-18;;/h3-12,16H2,1-2H3;2*1H. The van der Waals surface area contributed by atoms with E-state index >= 15 is 0 Å². The number of amides is 2. The van der Waals surface area contributed by atoms with E-state index in [1.165, 1.54) is 0 Å². The molecule has 2 aliphatic heterocycles. The molecule has 0 aromatic carbocycles. The van der Waals surface area contributed by atoms with Crippen LogP contribution in [0.1, 0.15) is 33.1 Å². The first-order chi connectivity index (χ1) is 9.88. The summed E-state index contributed by atoms with van der Waals surface area (Å²) in [5.74, 6) is 0.224. The molecule has 2 aliphatic rings. The molecule has 2 saturated heterocycles. The maximum Gasteiger partial charge on any atom is 0.242 e. The number of carbonyl (C=O) groups excluding carboxylic acids is 2. The third-order valence-electron chi connectivity index (χ3n) is 4.24. The summed E-state index contributed by atoms with van der Waals surface area (Å²) in [6.07, 6.45) is 3.15. The molecule has 0 aromatic rings. The third-order valence-corrected chi connectivity index (χ3v) is 4.24. The van der Waals surface area contributed by atoms with Gasteiger partial charge in [0.1, 0.15) is 0 Å². The van der Waals surface area contributed by atoms with Crippen LogP contribution in [0.3, 0.4) is 0 Å². The highest BCUT2D eigenvalue weighted by molar-refractivity contribution is 5.86. The Morgan fingerprint density at radius 3 is 2.00 bits per heavy atom.